The summed E-state index contributed by atoms with van der Waals surface area (Å²) in [5.41, 5.74) is 3.43. The van der Waals surface area contributed by atoms with Gasteiger partial charge in [0, 0.05) is 23.2 Å². The van der Waals surface area contributed by atoms with E-state index in [0.29, 0.717) is 11.7 Å². The molecule has 1 aliphatic carbocycles. The fourth-order valence-electron chi connectivity index (χ4n) is 3.44. The second-order valence-electron chi connectivity index (χ2n) is 6.54. The molecule has 5 heteroatoms. The molecule has 0 bridgehead atoms. The average Bonchev–Trinajstić information content (AvgIpc) is 3.25. The van der Waals surface area contributed by atoms with Gasteiger partial charge in [0.2, 0.25) is 0 Å². The molecule has 124 valence electrons. The third kappa shape index (κ3) is 2.87. The van der Waals surface area contributed by atoms with Gasteiger partial charge in [-0.2, -0.15) is 0 Å². The highest BCUT2D eigenvalue weighted by Crippen LogP contribution is 2.30. The van der Waals surface area contributed by atoms with Crippen molar-refractivity contribution in [1.82, 2.24) is 15.0 Å². The fourth-order valence-corrected chi connectivity index (χ4v) is 3.44. The van der Waals surface area contributed by atoms with Crippen LogP contribution in [0.2, 0.25) is 0 Å². The number of aliphatic hydroxyl groups excluding tert-OH is 1. The average molecular weight is 322 g/mol. The van der Waals surface area contributed by atoms with Crippen LogP contribution in [0.1, 0.15) is 44.4 Å². The Kier molecular flexibility index (Phi) is 3.94. The Morgan fingerprint density at radius 2 is 2.04 bits per heavy atom. The predicted octanol–water partition coefficient (Wildman–Crippen LogP) is 4.03. The molecule has 1 fully saturated rings. The van der Waals surface area contributed by atoms with E-state index in [1.807, 2.05) is 30.5 Å². The van der Waals surface area contributed by atoms with Crippen LogP contribution in [-0.4, -0.2) is 26.1 Å². The first-order chi connectivity index (χ1) is 11.7. The second kappa shape index (κ2) is 6.24. The van der Waals surface area contributed by atoms with E-state index in [1.165, 1.54) is 25.7 Å². The Labute approximate surface area is 141 Å². The molecule has 0 radical (unpaired) electrons. The largest absolute Gasteiger partial charge is 0.387 e. The van der Waals surface area contributed by atoms with Gasteiger partial charge in [0.25, 0.3) is 0 Å². The van der Waals surface area contributed by atoms with Gasteiger partial charge in [0.1, 0.15) is 11.5 Å². The lowest BCUT2D eigenvalue weighted by molar-refractivity contribution is 0.194. The summed E-state index contributed by atoms with van der Waals surface area (Å²) in [6.45, 7) is 1.73. The maximum atomic E-state index is 9.82. The summed E-state index contributed by atoms with van der Waals surface area (Å²) >= 11 is 0. The van der Waals surface area contributed by atoms with E-state index < -0.39 is 6.10 Å². The molecule has 1 atom stereocenters. The Hall–Kier alpha value is -2.40. The number of hydrogen-bond donors (Lipinski definition) is 3. The zero-order valence-corrected chi connectivity index (χ0v) is 13.8. The van der Waals surface area contributed by atoms with Gasteiger partial charge < -0.3 is 15.4 Å². The summed E-state index contributed by atoms with van der Waals surface area (Å²) in [5.74, 6) is 0.885. The number of aromatic amines is 1. The molecule has 3 N–H and O–H groups in total. The van der Waals surface area contributed by atoms with Crippen LogP contribution in [0.15, 0.2) is 36.5 Å². The van der Waals surface area contributed by atoms with Crippen molar-refractivity contribution < 1.29 is 5.11 Å². The highest BCUT2D eigenvalue weighted by molar-refractivity contribution is 5.93. The number of aromatic nitrogens is 3. The molecule has 0 spiro atoms. The van der Waals surface area contributed by atoms with Crippen LogP contribution < -0.4 is 5.32 Å². The number of aliphatic hydroxyl groups is 1. The zero-order chi connectivity index (χ0) is 16.5. The van der Waals surface area contributed by atoms with Crippen LogP contribution in [-0.2, 0) is 0 Å². The van der Waals surface area contributed by atoms with Crippen LogP contribution in [0.5, 0.6) is 0 Å². The first-order valence-corrected chi connectivity index (χ1v) is 8.61. The number of pyridine rings is 2. The van der Waals surface area contributed by atoms with Crippen LogP contribution in [0, 0.1) is 0 Å². The molecule has 1 saturated carbocycles. The van der Waals surface area contributed by atoms with Crippen molar-refractivity contribution in [3.05, 3.63) is 42.2 Å². The van der Waals surface area contributed by atoms with Gasteiger partial charge in [-0.3, -0.25) is 4.98 Å². The molecule has 0 aliphatic heterocycles. The third-order valence-electron chi connectivity index (χ3n) is 4.71. The predicted molar refractivity (Wildman–Crippen MR) is 95.8 cm³/mol. The molecule has 0 unspecified atom stereocenters. The number of nitrogens with zero attached hydrogens (tertiary/aromatic N) is 2. The van der Waals surface area contributed by atoms with Crippen molar-refractivity contribution in [3.63, 3.8) is 0 Å². The normalized spacial score (nSPS) is 16.6. The molecule has 1 aliphatic rings. The highest BCUT2D eigenvalue weighted by Gasteiger charge is 2.17. The lowest BCUT2D eigenvalue weighted by atomic mass is 10.1. The Balaban J connectivity index is 1.78. The van der Waals surface area contributed by atoms with E-state index in [2.05, 4.69) is 21.4 Å². The number of rotatable bonds is 4. The zero-order valence-electron chi connectivity index (χ0n) is 13.8. The summed E-state index contributed by atoms with van der Waals surface area (Å²) in [5, 5.41) is 14.4. The molecule has 4 rings (SSSR count). The first kappa shape index (κ1) is 15.1. The topological polar surface area (TPSA) is 73.8 Å². The number of hydrogen-bond acceptors (Lipinski definition) is 4. The van der Waals surface area contributed by atoms with Crippen LogP contribution >= 0.6 is 0 Å². The highest BCUT2D eigenvalue weighted by atomic mass is 16.3. The quantitative estimate of drug-likeness (QED) is 0.678. The van der Waals surface area contributed by atoms with Crippen molar-refractivity contribution in [2.24, 2.45) is 0 Å². The maximum absolute atomic E-state index is 9.82. The van der Waals surface area contributed by atoms with Crippen LogP contribution in [0.4, 0.5) is 5.82 Å². The van der Waals surface area contributed by atoms with Crippen molar-refractivity contribution in [2.75, 3.05) is 5.32 Å². The number of fused-ring (bicyclic) bond motifs is 1. The lowest BCUT2D eigenvalue weighted by Gasteiger charge is -2.14. The van der Waals surface area contributed by atoms with E-state index in [4.69, 9.17) is 4.98 Å². The van der Waals surface area contributed by atoms with E-state index in [-0.39, 0.29) is 0 Å². The number of nitrogens with one attached hydrogen (secondary N) is 2. The van der Waals surface area contributed by atoms with Crippen LogP contribution in [0.3, 0.4) is 0 Å². The van der Waals surface area contributed by atoms with Crippen molar-refractivity contribution in [3.8, 4) is 11.3 Å². The van der Waals surface area contributed by atoms with Crippen molar-refractivity contribution in [2.45, 2.75) is 44.8 Å². The summed E-state index contributed by atoms with van der Waals surface area (Å²) < 4.78 is 0. The van der Waals surface area contributed by atoms with Gasteiger partial charge in [-0.25, -0.2) is 4.98 Å². The minimum atomic E-state index is -0.579. The van der Waals surface area contributed by atoms with Gasteiger partial charge in [0.15, 0.2) is 0 Å². The Bertz CT molecular complexity index is 849. The van der Waals surface area contributed by atoms with Crippen molar-refractivity contribution >= 4 is 16.9 Å². The SMILES string of the molecule is C[C@H](O)c1cccc(-c2cc(NC3CCCC3)nc3[nH]ccc23)n1. The van der Waals surface area contributed by atoms with Gasteiger partial charge in [-0.1, -0.05) is 18.9 Å². The smallest absolute Gasteiger partial charge is 0.140 e. The number of H-pyrrole nitrogens is 1. The van der Waals surface area contributed by atoms with Gasteiger partial charge in [-0.15, -0.1) is 0 Å². The molecular formula is C19H22N4O. The molecule has 0 saturated heterocycles. The van der Waals surface area contributed by atoms with E-state index in [9.17, 15) is 5.11 Å². The second-order valence-corrected chi connectivity index (χ2v) is 6.54. The Morgan fingerprint density at radius 1 is 1.21 bits per heavy atom. The summed E-state index contributed by atoms with van der Waals surface area (Å²) in [4.78, 5) is 12.5. The molecule has 5 nitrogen and oxygen atoms in total. The molecule has 24 heavy (non-hydrogen) atoms. The molecule has 3 heterocycles. The maximum Gasteiger partial charge on any atom is 0.140 e. The van der Waals surface area contributed by atoms with E-state index in [1.54, 1.807) is 6.92 Å². The van der Waals surface area contributed by atoms with Gasteiger partial charge in [0.05, 0.1) is 17.5 Å². The summed E-state index contributed by atoms with van der Waals surface area (Å²) in [6.07, 6.45) is 6.30. The Morgan fingerprint density at radius 3 is 2.83 bits per heavy atom. The molecule has 3 aromatic heterocycles. The standard InChI is InChI=1S/C19H22N4O/c1-12(24)16-7-4-8-17(22-16)15-11-18(21-13-5-2-3-6-13)23-19-14(15)9-10-20-19/h4,7-13,24H,2-3,5-6H2,1H3,(H2,20,21,23)/t12-/m0/s1. The summed E-state index contributed by atoms with van der Waals surface area (Å²) in [7, 11) is 0. The minimum absolute atomic E-state index is 0.509. The van der Waals surface area contributed by atoms with Crippen molar-refractivity contribution in [1.29, 1.82) is 0 Å². The molecule has 0 aromatic carbocycles. The fraction of sp³-hybridized carbons (Fsp3) is 0.368. The monoisotopic (exact) mass is 322 g/mol. The first-order valence-electron chi connectivity index (χ1n) is 8.61. The van der Waals surface area contributed by atoms with E-state index >= 15 is 0 Å². The lowest BCUT2D eigenvalue weighted by Crippen LogP contribution is -2.15. The van der Waals surface area contributed by atoms with E-state index in [0.717, 1.165) is 28.1 Å². The van der Waals surface area contributed by atoms with Crippen LogP contribution in [0.25, 0.3) is 22.3 Å². The third-order valence-corrected chi connectivity index (χ3v) is 4.71. The van der Waals surface area contributed by atoms with Gasteiger partial charge >= 0.3 is 0 Å². The summed E-state index contributed by atoms with van der Waals surface area (Å²) in [6, 6.07) is 10.4. The van der Waals surface area contributed by atoms with Gasteiger partial charge in [-0.05, 0) is 44.0 Å². The minimum Gasteiger partial charge on any atom is -0.387 e. The molecule has 0 amide bonds. The number of anilines is 1. The molecular weight excluding hydrogens is 300 g/mol. The molecule has 3 aromatic rings.